The van der Waals surface area contributed by atoms with E-state index in [1.165, 1.54) is 38.4 Å². The second kappa shape index (κ2) is 6.46. The van der Waals surface area contributed by atoms with Crippen LogP contribution in [0.5, 0.6) is 0 Å². The SMILES string of the molecule is CCCCC1CCC(c2ncnc(Cl)c2F)CC1. The van der Waals surface area contributed by atoms with Crippen molar-refractivity contribution in [2.24, 2.45) is 5.92 Å². The lowest BCUT2D eigenvalue weighted by molar-refractivity contribution is 0.297. The first kappa shape index (κ1) is 13.7. The van der Waals surface area contributed by atoms with Gasteiger partial charge in [0.2, 0.25) is 0 Å². The number of hydrogen-bond donors (Lipinski definition) is 0. The summed E-state index contributed by atoms with van der Waals surface area (Å²) in [6, 6.07) is 0. The molecule has 4 heteroatoms. The van der Waals surface area contributed by atoms with Crippen LogP contribution < -0.4 is 0 Å². The van der Waals surface area contributed by atoms with Gasteiger partial charge in [0.25, 0.3) is 0 Å². The first-order valence-electron chi connectivity index (χ1n) is 6.88. The van der Waals surface area contributed by atoms with E-state index in [2.05, 4.69) is 16.9 Å². The lowest BCUT2D eigenvalue weighted by atomic mass is 9.78. The van der Waals surface area contributed by atoms with Gasteiger partial charge in [-0.15, -0.1) is 0 Å². The zero-order chi connectivity index (χ0) is 13.0. The van der Waals surface area contributed by atoms with Crippen molar-refractivity contribution in [2.75, 3.05) is 0 Å². The third kappa shape index (κ3) is 3.19. The van der Waals surface area contributed by atoms with Crippen molar-refractivity contribution in [3.8, 4) is 0 Å². The van der Waals surface area contributed by atoms with E-state index in [1.807, 2.05) is 0 Å². The minimum absolute atomic E-state index is 0.0480. The molecule has 0 atom stereocenters. The van der Waals surface area contributed by atoms with E-state index in [-0.39, 0.29) is 11.1 Å². The average Bonchev–Trinajstić information content (AvgIpc) is 2.40. The predicted octanol–water partition coefficient (Wildman–Crippen LogP) is 4.73. The molecule has 18 heavy (non-hydrogen) atoms. The quantitative estimate of drug-likeness (QED) is 0.739. The van der Waals surface area contributed by atoms with E-state index in [9.17, 15) is 4.39 Å². The Kier molecular flexibility index (Phi) is 4.93. The first-order valence-corrected chi connectivity index (χ1v) is 7.26. The van der Waals surface area contributed by atoms with Gasteiger partial charge in [0.15, 0.2) is 11.0 Å². The van der Waals surface area contributed by atoms with Gasteiger partial charge in [0.05, 0.1) is 5.69 Å². The molecule has 0 saturated heterocycles. The van der Waals surface area contributed by atoms with Crippen LogP contribution in [-0.2, 0) is 0 Å². The third-order valence-corrected chi connectivity index (χ3v) is 4.24. The average molecular weight is 271 g/mol. The molecule has 0 aliphatic heterocycles. The number of nitrogens with zero attached hydrogens (tertiary/aromatic N) is 2. The molecule has 0 N–H and O–H groups in total. The van der Waals surface area contributed by atoms with E-state index in [0.717, 1.165) is 18.8 Å². The maximum atomic E-state index is 13.8. The van der Waals surface area contributed by atoms with Gasteiger partial charge in [0, 0.05) is 5.92 Å². The Balaban J connectivity index is 1.95. The maximum Gasteiger partial charge on any atom is 0.182 e. The van der Waals surface area contributed by atoms with Crippen molar-refractivity contribution in [1.82, 2.24) is 9.97 Å². The smallest absolute Gasteiger partial charge is 0.182 e. The van der Waals surface area contributed by atoms with Crippen LogP contribution in [-0.4, -0.2) is 9.97 Å². The van der Waals surface area contributed by atoms with E-state index < -0.39 is 5.82 Å². The van der Waals surface area contributed by atoms with Gasteiger partial charge in [-0.3, -0.25) is 0 Å². The molecule has 0 bridgehead atoms. The standard InChI is InChI=1S/C14H20ClFN2/c1-2-3-4-10-5-7-11(8-6-10)13-12(16)14(15)18-9-17-13/h9-11H,2-8H2,1H3. The molecule has 0 unspecified atom stereocenters. The summed E-state index contributed by atoms with van der Waals surface area (Å²) < 4.78 is 13.8. The molecule has 1 saturated carbocycles. The van der Waals surface area contributed by atoms with Gasteiger partial charge in [0.1, 0.15) is 6.33 Å². The van der Waals surface area contributed by atoms with Crippen LogP contribution in [0.3, 0.4) is 0 Å². The zero-order valence-electron chi connectivity index (χ0n) is 10.8. The van der Waals surface area contributed by atoms with Crippen LogP contribution in [0.2, 0.25) is 5.15 Å². The summed E-state index contributed by atoms with van der Waals surface area (Å²) >= 11 is 5.70. The molecule has 0 aromatic carbocycles. The highest BCUT2D eigenvalue weighted by Crippen LogP contribution is 2.38. The van der Waals surface area contributed by atoms with Gasteiger partial charge in [-0.05, 0) is 31.6 Å². The predicted molar refractivity (Wildman–Crippen MR) is 71.2 cm³/mol. The Hall–Kier alpha value is -0.700. The Bertz CT molecular complexity index is 389. The van der Waals surface area contributed by atoms with Crippen molar-refractivity contribution in [3.63, 3.8) is 0 Å². The van der Waals surface area contributed by atoms with Crippen molar-refractivity contribution in [2.45, 2.75) is 57.8 Å². The Morgan fingerprint density at radius 2 is 2.00 bits per heavy atom. The summed E-state index contributed by atoms with van der Waals surface area (Å²) in [6.07, 6.45) is 9.67. The monoisotopic (exact) mass is 270 g/mol. The summed E-state index contributed by atoms with van der Waals surface area (Å²) in [7, 11) is 0. The van der Waals surface area contributed by atoms with Gasteiger partial charge < -0.3 is 0 Å². The van der Waals surface area contributed by atoms with Crippen molar-refractivity contribution in [1.29, 1.82) is 0 Å². The van der Waals surface area contributed by atoms with E-state index >= 15 is 0 Å². The number of aromatic nitrogens is 2. The Labute approximate surface area is 113 Å². The molecular weight excluding hydrogens is 251 g/mol. The first-order chi connectivity index (χ1) is 8.72. The molecule has 100 valence electrons. The van der Waals surface area contributed by atoms with E-state index in [0.29, 0.717) is 5.69 Å². The number of hydrogen-bond acceptors (Lipinski definition) is 2. The van der Waals surface area contributed by atoms with Crippen molar-refractivity contribution >= 4 is 11.6 Å². The van der Waals surface area contributed by atoms with Crippen LogP contribution in [0, 0.1) is 11.7 Å². The molecule has 1 fully saturated rings. The van der Waals surface area contributed by atoms with Gasteiger partial charge in [-0.2, -0.15) is 0 Å². The van der Waals surface area contributed by atoms with Crippen LogP contribution in [0.1, 0.15) is 63.5 Å². The molecule has 0 amide bonds. The van der Waals surface area contributed by atoms with E-state index in [4.69, 9.17) is 11.6 Å². The van der Waals surface area contributed by atoms with Crippen LogP contribution >= 0.6 is 11.6 Å². The summed E-state index contributed by atoms with van der Waals surface area (Å²) in [5.41, 5.74) is 0.518. The fraction of sp³-hybridized carbons (Fsp3) is 0.714. The van der Waals surface area contributed by atoms with Crippen LogP contribution in [0.15, 0.2) is 6.33 Å². The minimum atomic E-state index is -0.420. The highest BCUT2D eigenvalue weighted by Gasteiger charge is 2.26. The molecule has 1 heterocycles. The number of unbranched alkanes of at least 4 members (excludes halogenated alkanes) is 1. The van der Waals surface area contributed by atoms with E-state index in [1.54, 1.807) is 0 Å². The van der Waals surface area contributed by atoms with Crippen LogP contribution in [0.25, 0.3) is 0 Å². The minimum Gasteiger partial charge on any atom is -0.238 e. The highest BCUT2D eigenvalue weighted by atomic mass is 35.5. The largest absolute Gasteiger partial charge is 0.238 e. The zero-order valence-corrected chi connectivity index (χ0v) is 11.6. The van der Waals surface area contributed by atoms with Crippen LogP contribution in [0.4, 0.5) is 4.39 Å². The molecule has 1 aliphatic rings. The number of rotatable bonds is 4. The summed E-state index contributed by atoms with van der Waals surface area (Å²) in [6.45, 7) is 2.23. The molecule has 0 spiro atoms. The topological polar surface area (TPSA) is 25.8 Å². The summed E-state index contributed by atoms with van der Waals surface area (Å²) in [5, 5.41) is -0.0480. The second-order valence-electron chi connectivity index (χ2n) is 5.22. The summed E-state index contributed by atoms with van der Waals surface area (Å²) in [4.78, 5) is 7.75. The fourth-order valence-electron chi connectivity index (χ4n) is 2.86. The van der Waals surface area contributed by atoms with Gasteiger partial charge in [-0.25, -0.2) is 14.4 Å². The Morgan fingerprint density at radius 1 is 1.28 bits per heavy atom. The van der Waals surface area contributed by atoms with Gasteiger partial charge >= 0.3 is 0 Å². The number of halogens is 2. The lowest BCUT2D eigenvalue weighted by Crippen LogP contribution is -2.15. The lowest BCUT2D eigenvalue weighted by Gasteiger charge is -2.28. The fourth-order valence-corrected chi connectivity index (χ4v) is 3.00. The van der Waals surface area contributed by atoms with Gasteiger partial charge in [-0.1, -0.05) is 37.8 Å². The Morgan fingerprint density at radius 3 is 2.67 bits per heavy atom. The molecule has 2 rings (SSSR count). The molecule has 1 aromatic heterocycles. The molecule has 1 aromatic rings. The highest BCUT2D eigenvalue weighted by molar-refractivity contribution is 6.29. The van der Waals surface area contributed by atoms with Crippen molar-refractivity contribution in [3.05, 3.63) is 23.0 Å². The molecular formula is C14H20ClFN2. The summed E-state index contributed by atoms with van der Waals surface area (Å²) in [5.74, 6) is 0.626. The molecule has 2 nitrogen and oxygen atoms in total. The van der Waals surface area contributed by atoms with Crippen molar-refractivity contribution < 1.29 is 4.39 Å². The molecule has 0 radical (unpaired) electrons. The normalized spacial score (nSPS) is 24.2. The molecule has 1 aliphatic carbocycles. The second-order valence-corrected chi connectivity index (χ2v) is 5.58. The third-order valence-electron chi connectivity index (χ3n) is 3.97. The maximum absolute atomic E-state index is 13.8.